The molecule has 0 radical (unpaired) electrons. The maximum atomic E-state index is 12.5. The van der Waals surface area contributed by atoms with Crippen LogP contribution in [-0.4, -0.2) is 13.4 Å². The molecule has 0 bridgehead atoms. The zero-order valence-electron chi connectivity index (χ0n) is 12.5. The Morgan fingerprint density at radius 2 is 1.77 bits per heavy atom. The molecule has 6 heteroatoms. The van der Waals surface area contributed by atoms with Crippen molar-refractivity contribution in [3.8, 4) is 0 Å². The van der Waals surface area contributed by atoms with Crippen molar-refractivity contribution in [2.24, 2.45) is 0 Å². The molecule has 0 spiro atoms. The molecule has 1 heterocycles. The Morgan fingerprint density at radius 3 is 2.50 bits per heavy atom. The predicted molar refractivity (Wildman–Crippen MR) is 85.5 cm³/mol. The Labute approximate surface area is 129 Å². The van der Waals surface area contributed by atoms with Gasteiger partial charge < -0.3 is 4.42 Å². The zero-order chi connectivity index (χ0) is 15.9. The lowest BCUT2D eigenvalue weighted by Crippen LogP contribution is -2.13. The lowest BCUT2D eigenvalue weighted by Gasteiger charge is -2.09. The molecular weight excluding hydrogens is 300 g/mol. The van der Waals surface area contributed by atoms with Crippen LogP contribution in [0.5, 0.6) is 0 Å². The summed E-state index contributed by atoms with van der Waals surface area (Å²) in [4.78, 5) is 4.44. The van der Waals surface area contributed by atoms with E-state index in [2.05, 4.69) is 9.71 Å². The first-order valence-corrected chi connectivity index (χ1v) is 8.31. The van der Waals surface area contributed by atoms with Crippen LogP contribution >= 0.6 is 0 Å². The monoisotopic (exact) mass is 316 g/mol. The number of nitrogens with one attached hydrogen (secondary N) is 1. The second-order valence-electron chi connectivity index (χ2n) is 5.27. The summed E-state index contributed by atoms with van der Waals surface area (Å²) in [5.74, 6) is 0.546. The quantitative estimate of drug-likeness (QED) is 0.802. The summed E-state index contributed by atoms with van der Waals surface area (Å²) in [6.07, 6.45) is 0. The fourth-order valence-electron chi connectivity index (χ4n) is 2.20. The van der Waals surface area contributed by atoms with E-state index in [1.54, 1.807) is 43.3 Å². The van der Waals surface area contributed by atoms with Crippen LogP contribution in [0.4, 0.5) is 5.69 Å². The minimum atomic E-state index is -3.62. The Bertz CT molecular complexity index is 959. The van der Waals surface area contributed by atoms with E-state index in [4.69, 9.17) is 4.42 Å². The highest BCUT2D eigenvalue weighted by molar-refractivity contribution is 7.92. The van der Waals surface area contributed by atoms with E-state index >= 15 is 0 Å². The summed E-state index contributed by atoms with van der Waals surface area (Å²) < 4.78 is 32.9. The number of sulfonamides is 1. The van der Waals surface area contributed by atoms with Crippen LogP contribution in [-0.2, 0) is 10.0 Å². The van der Waals surface area contributed by atoms with E-state index in [0.717, 1.165) is 11.1 Å². The zero-order valence-corrected chi connectivity index (χ0v) is 13.4. The maximum absolute atomic E-state index is 12.5. The van der Waals surface area contributed by atoms with E-state index in [9.17, 15) is 8.42 Å². The van der Waals surface area contributed by atoms with Gasteiger partial charge >= 0.3 is 0 Å². The van der Waals surface area contributed by atoms with Crippen molar-refractivity contribution >= 4 is 26.8 Å². The lowest BCUT2D eigenvalue weighted by atomic mass is 10.1. The van der Waals surface area contributed by atoms with E-state index in [-0.39, 0.29) is 4.90 Å². The summed E-state index contributed by atoms with van der Waals surface area (Å²) in [5, 5.41) is 0. The SMILES string of the molecule is Cc1nc2cc(NS(=O)(=O)c3ccc(C)c(C)c3)ccc2o1. The molecule has 22 heavy (non-hydrogen) atoms. The molecule has 0 aliphatic carbocycles. The molecule has 0 aliphatic heterocycles. The Balaban J connectivity index is 1.96. The van der Waals surface area contributed by atoms with Crippen molar-refractivity contribution in [2.45, 2.75) is 25.7 Å². The molecule has 5 nitrogen and oxygen atoms in total. The van der Waals surface area contributed by atoms with Crippen molar-refractivity contribution in [3.05, 3.63) is 53.4 Å². The maximum Gasteiger partial charge on any atom is 0.261 e. The van der Waals surface area contributed by atoms with Crippen molar-refractivity contribution in [2.75, 3.05) is 4.72 Å². The van der Waals surface area contributed by atoms with Gasteiger partial charge in [0.05, 0.1) is 10.6 Å². The molecule has 0 atom stereocenters. The van der Waals surface area contributed by atoms with Crippen LogP contribution in [0.1, 0.15) is 17.0 Å². The normalized spacial score (nSPS) is 11.8. The summed E-state index contributed by atoms with van der Waals surface area (Å²) in [7, 11) is -3.62. The van der Waals surface area contributed by atoms with Gasteiger partial charge in [0.15, 0.2) is 11.5 Å². The summed E-state index contributed by atoms with van der Waals surface area (Å²) in [6, 6.07) is 10.1. The predicted octanol–water partition coefficient (Wildman–Crippen LogP) is 3.55. The van der Waals surface area contributed by atoms with Crippen LogP contribution in [0.25, 0.3) is 11.1 Å². The van der Waals surface area contributed by atoms with Gasteiger partial charge in [0.2, 0.25) is 0 Å². The van der Waals surface area contributed by atoms with Crippen LogP contribution in [0, 0.1) is 20.8 Å². The second kappa shape index (κ2) is 5.14. The van der Waals surface area contributed by atoms with Crippen molar-refractivity contribution in [1.29, 1.82) is 0 Å². The van der Waals surface area contributed by atoms with E-state index in [1.165, 1.54) is 0 Å². The smallest absolute Gasteiger partial charge is 0.261 e. The van der Waals surface area contributed by atoms with Gasteiger partial charge in [-0.15, -0.1) is 0 Å². The summed E-state index contributed by atoms with van der Waals surface area (Å²) in [6.45, 7) is 5.58. The number of rotatable bonds is 3. The number of anilines is 1. The number of hydrogen-bond donors (Lipinski definition) is 1. The van der Waals surface area contributed by atoms with Crippen LogP contribution in [0.3, 0.4) is 0 Å². The van der Waals surface area contributed by atoms with Crippen LogP contribution in [0.2, 0.25) is 0 Å². The van der Waals surface area contributed by atoms with Crippen LogP contribution < -0.4 is 4.72 Å². The number of fused-ring (bicyclic) bond motifs is 1. The first-order chi connectivity index (χ1) is 10.3. The van der Waals surface area contributed by atoms with E-state index in [0.29, 0.717) is 22.7 Å². The van der Waals surface area contributed by atoms with E-state index in [1.807, 2.05) is 13.8 Å². The van der Waals surface area contributed by atoms with Gasteiger partial charge in [-0.05, 0) is 55.3 Å². The average Bonchev–Trinajstić information content (AvgIpc) is 2.80. The van der Waals surface area contributed by atoms with E-state index < -0.39 is 10.0 Å². The fraction of sp³-hybridized carbons (Fsp3) is 0.188. The molecule has 1 N–H and O–H groups in total. The third-order valence-corrected chi connectivity index (χ3v) is 4.91. The van der Waals surface area contributed by atoms with Crippen LogP contribution in [0.15, 0.2) is 45.7 Å². The number of aromatic nitrogens is 1. The standard InChI is InChI=1S/C16H16N2O3S/c1-10-4-6-14(8-11(10)2)22(19,20)18-13-5-7-16-15(9-13)17-12(3)21-16/h4-9,18H,1-3H3. The summed E-state index contributed by atoms with van der Waals surface area (Å²) >= 11 is 0. The number of aryl methyl sites for hydroxylation is 3. The number of nitrogens with zero attached hydrogens (tertiary/aromatic N) is 1. The van der Waals surface area contributed by atoms with Crippen molar-refractivity contribution in [3.63, 3.8) is 0 Å². The molecule has 3 rings (SSSR count). The Hall–Kier alpha value is -2.34. The minimum Gasteiger partial charge on any atom is -0.441 e. The number of oxazole rings is 1. The van der Waals surface area contributed by atoms with Gasteiger partial charge in [-0.25, -0.2) is 13.4 Å². The molecule has 2 aromatic carbocycles. The molecule has 0 amide bonds. The van der Waals surface area contributed by atoms with Gasteiger partial charge in [0.1, 0.15) is 5.52 Å². The number of benzene rings is 2. The molecule has 0 saturated carbocycles. The molecule has 0 aliphatic rings. The lowest BCUT2D eigenvalue weighted by molar-refractivity contribution is 0.561. The van der Waals surface area contributed by atoms with Gasteiger partial charge in [-0.2, -0.15) is 0 Å². The molecule has 0 saturated heterocycles. The second-order valence-corrected chi connectivity index (χ2v) is 6.95. The topological polar surface area (TPSA) is 72.2 Å². The largest absolute Gasteiger partial charge is 0.441 e. The molecule has 0 fully saturated rings. The molecule has 3 aromatic rings. The third kappa shape index (κ3) is 2.69. The van der Waals surface area contributed by atoms with Crippen molar-refractivity contribution < 1.29 is 12.8 Å². The number of hydrogen-bond acceptors (Lipinski definition) is 4. The fourth-order valence-corrected chi connectivity index (χ4v) is 3.34. The molecule has 1 aromatic heterocycles. The van der Waals surface area contributed by atoms with Crippen molar-refractivity contribution in [1.82, 2.24) is 4.98 Å². The molecule has 114 valence electrons. The van der Waals surface area contributed by atoms with Gasteiger partial charge in [0.25, 0.3) is 10.0 Å². The molecular formula is C16H16N2O3S. The third-order valence-electron chi connectivity index (χ3n) is 3.54. The Kier molecular flexibility index (Phi) is 3.41. The Morgan fingerprint density at radius 1 is 1.00 bits per heavy atom. The first kappa shape index (κ1) is 14.6. The van der Waals surface area contributed by atoms with Gasteiger partial charge in [-0.3, -0.25) is 4.72 Å². The highest BCUT2D eigenvalue weighted by atomic mass is 32.2. The summed E-state index contributed by atoms with van der Waals surface area (Å²) in [5.41, 5.74) is 3.70. The highest BCUT2D eigenvalue weighted by Gasteiger charge is 2.15. The first-order valence-electron chi connectivity index (χ1n) is 6.82. The average molecular weight is 316 g/mol. The van der Waals surface area contributed by atoms with Gasteiger partial charge in [-0.1, -0.05) is 6.07 Å². The van der Waals surface area contributed by atoms with Gasteiger partial charge in [0, 0.05) is 6.92 Å². The highest BCUT2D eigenvalue weighted by Crippen LogP contribution is 2.23. The molecule has 0 unspecified atom stereocenters. The minimum absolute atomic E-state index is 0.243.